The fourth-order valence-corrected chi connectivity index (χ4v) is 1.10. The van der Waals surface area contributed by atoms with E-state index in [0.29, 0.717) is 24.4 Å². The molecule has 0 amide bonds. The number of ether oxygens (including phenoxy) is 3. The molecule has 3 heteroatoms. The maximum Gasteiger partial charge on any atom is 0.0990 e. The Labute approximate surface area is 92.7 Å². The third kappa shape index (κ3) is 7.17. The van der Waals surface area contributed by atoms with Gasteiger partial charge in [-0.1, -0.05) is 13.2 Å². The van der Waals surface area contributed by atoms with Crippen LogP contribution < -0.4 is 0 Å². The molecular weight excluding hydrogens is 192 g/mol. The fraction of sp³-hybridized carbons (Fsp3) is 0.667. The minimum atomic E-state index is 0.116. The number of rotatable bonds is 8. The Kier molecular flexibility index (Phi) is 7.09. The average Bonchev–Trinajstić information content (AvgIpc) is 2.16. The molecule has 0 saturated heterocycles. The second-order valence-electron chi connectivity index (χ2n) is 3.68. The van der Waals surface area contributed by atoms with E-state index in [1.165, 1.54) is 0 Å². The van der Waals surface area contributed by atoms with Crippen molar-refractivity contribution in [3.8, 4) is 0 Å². The van der Waals surface area contributed by atoms with Crippen molar-refractivity contribution >= 4 is 0 Å². The van der Waals surface area contributed by atoms with E-state index in [4.69, 9.17) is 14.2 Å². The number of methoxy groups -OCH3 is 2. The molecule has 0 aromatic heterocycles. The summed E-state index contributed by atoms with van der Waals surface area (Å²) < 4.78 is 15.7. The van der Waals surface area contributed by atoms with Crippen molar-refractivity contribution < 1.29 is 14.2 Å². The topological polar surface area (TPSA) is 27.7 Å². The van der Waals surface area contributed by atoms with E-state index in [9.17, 15) is 0 Å². The lowest BCUT2D eigenvalue weighted by atomic mass is 10.2. The van der Waals surface area contributed by atoms with Gasteiger partial charge >= 0.3 is 0 Å². The van der Waals surface area contributed by atoms with E-state index in [-0.39, 0.29) is 12.2 Å². The fourth-order valence-electron chi connectivity index (χ4n) is 1.10. The molecule has 15 heavy (non-hydrogen) atoms. The highest BCUT2D eigenvalue weighted by atomic mass is 16.5. The van der Waals surface area contributed by atoms with Gasteiger partial charge in [0.15, 0.2) is 0 Å². The maximum absolute atomic E-state index is 5.45. The second kappa shape index (κ2) is 7.49. The second-order valence-corrected chi connectivity index (χ2v) is 3.68. The largest absolute Gasteiger partial charge is 0.467 e. The molecule has 2 atom stereocenters. The minimum Gasteiger partial charge on any atom is -0.467 e. The molecule has 0 saturated carbocycles. The van der Waals surface area contributed by atoms with Crippen LogP contribution in [0.2, 0.25) is 0 Å². The van der Waals surface area contributed by atoms with Gasteiger partial charge in [0.05, 0.1) is 23.7 Å². The summed E-state index contributed by atoms with van der Waals surface area (Å²) in [6, 6.07) is 0. The van der Waals surface area contributed by atoms with Crippen LogP contribution in [0.15, 0.2) is 24.7 Å². The van der Waals surface area contributed by atoms with Crippen LogP contribution >= 0.6 is 0 Å². The van der Waals surface area contributed by atoms with Crippen LogP contribution in [0.25, 0.3) is 0 Å². The third-order valence-electron chi connectivity index (χ3n) is 2.12. The lowest BCUT2D eigenvalue weighted by molar-refractivity contribution is 0.0905. The Morgan fingerprint density at radius 1 is 0.933 bits per heavy atom. The molecule has 0 fully saturated rings. The highest BCUT2D eigenvalue weighted by Crippen LogP contribution is 2.15. The monoisotopic (exact) mass is 214 g/mol. The molecule has 0 aromatic carbocycles. The molecular formula is C12H22O3. The average molecular weight is 214 g/mol. The van der Waals surface area contributed by atoms with Crippen molar-refractivity contribution in [1.82, 2.24) is 0 Å². The maximum atomic E-state index is 5.45. The Hall–Kier alpha value is -0.800. The summed E-state index contributed by atoms with van der Waals surface area (Å²) in [6.45, 7) is 11.6. The lowest BCUT2D eigenvalue weighted by Crippen LogP contribution is -2.10. The van der Waals surface area contributed by atoms with Crippen LogP contribution in [0, 0.1) is 0 Å². The molecule has 3 nitrogen and oxygen atoms in total. The summed E-state index contributed by atoms with van der Waals surface area (Å²) in [5, 5.41) is 0. The van der Waals surface area contributed by atoms with Crippen LogP contribution in [0.5, 0.6) is 0 Å². The van der Waals surface area contributed by atoms with Crippen LogP contribution in [0.4, 0.5) is 0 Å². The summed E-state index contributed by atoms with van der Waals surface area (Å²) in [4.78, 5) is 0. The number of hydrogen-bond acceptors (Lipinski definition) is 3. The van der Waals surface area contributed by atoms with Crippen molar-refractivity contribution in [1.29, 1.82) is 0 Å². The van der Waals surface area contributed by atoms with Crippen LogP contribution in [-0.4, -0.2) is 26.4 Å². The Morgan fingerprint density at radius 3 is 1.53 bits per heavy atom. The third-order valence-corrected chi connectivity index (χ3v) is 2.12. The van der Waals surface area contributed by atoms with Gasteiger partial charge in [-0.2, -0.15) is 0 Å². The zero-order valence-corrected chi connectivity index (χ0v) is 10.2. The van der Waals surface area contributed by atoms with Gasteiger partial charge in [-0.3, -0.25) is 0 Å². The molecule has 0 rings (SSSR count). The van der Waals surface area contributed by atoms with Crippen LogP contribution in [-0.2, 0) is 14.2 Å². The smallest absolute Gasteiger partial charge is 0.0990 e. The molecule has 2 unspecified atom stereocenters. The molecule has 0 N–H and O–H groups in total. The zero-order valence-electron chi connectivity index (χ0n) is 10.2. The zero-order chi connectivity index (χ0) is 11.8. The Morgan fingerprint density at radius 2 is 1.27 bits per heavy atom. The van der Waals surface area contributed by atoms with Gasteiger partial charge in [-0.25, -0.2) is 0 Å². The van der Waals surface area contributed by atoms with Gasteiger partial charge in [-0.05, 0) is 13.8 Å². The molecule has 0 aliphatic heterocycles. The van der Waals surface area contributed by atoms with Crippen molar-refractivity contribution in [2.24, 2.45) is 0 Å². The normalized spacial score (nSPS) is 14.4. The minimum absolute atomic E-state index is 0.116. The molecule has 0 heterocycles. The molecule has 0 aliphatic carbocycles. The first-order valence-electron chi connectivity index (χ1n) is 5.08. The lowest BCUT2D eigenvalue weighted by Gasteiger charge is -2.16. The first-order chi connectivity index (χ1) is 6.99. The molecule has 0 bridgehead atoms. The first-order valence-corrected chi connectivity index (χ1v) is 5.08. The standard InChI is InChI=1S/C12H22O3/c1-9(13-5)7-11(3)15-12(4)8-10(2)14-6/h9-10H,3-4,7-8H2,1-2,5-6H3. The van der Waals surface area contributed by atoms with Gasteiger partial charge in [0.25, 0.3) is 0 Å². The van der Waals surface area contributed by atoms with Gasteiger partial charge in [-0.15, -0.1) is 0 Å². The van der Waals surface area contributed by atoms with E-state index < -0.39 is 0 Å². The molecule has 0 radical (unpaired) electrons. The van der Waals surface area contributed by atoms with Crippen LogP contribution in [0.1, 0.15) is 26.7 Å². The highest BCUT2D eigenvalue weighted by molar-refractivity contribution is 4.95. The van der Waals surface area contributed by atoms with E-state index >= 15 is 0 Å². The Bertz CT molecular complexity index is 189. The van der Waals surface area contributed by atoms with Gasteiger partial charge in [0.2, 0.25) is 0 Å². The SMILES string of the molecule is C=C(CC(C)OC)OC(=C)CC(C)OC. The summed E-state index contributed by atoms with van der Waals surface area (Å²) in [5.41, 5.74) is 0. The van der Waals surface area contributed by atoms with E-state index in [1.807, 2.05) is 13.8 Å². The molecule has 88 valence electrons. The van der Waals surface area contributed by atoms with Gasteiger partial charge in [0, 0.05) is 27.1 Å². The predicted octanol–water partition coefficient (Wildman–Crippen LogP) is 2.88. The van der Waals surface area contributed by atoms with Crippen LogP contribution in [0.3, 0.4) is 0 Å². The Balaban J connectivity index is 3.81. The predicted molar refractivity (Wildman–Crippen MR) is 61.5 cm³/mol. The quantitative estimate of drug-likeness (QED) is 0.581. The van der Waals surface area contributed by atoms with Gasteiger partial charge < -0.3 is 14.2 Å². The van der Waals surface area contributed by atoms with Gasteiger partial charge in [0.1, 0.15) is 0 Å². The first kappa shape index (κ1) is 14.2. The van der Waals surface area contributed by atoms with E-state index in [0.717, 1.165) is 0 Å². The summed E-state index contributed by atoms with van der Waals surface area (Å²) in [5.74, 6) is 1.36. The van der Waals surface area contributed by atoms with E-state index in [1.54, 1.807) is 14.2 Å². The number of hydrogen-bond donors (Lipinski definition) is 0. The summed E-state index contributed by atoms with van der Waals surface area (Å²) in [7, 11) is 3.33. The summed E-state index contributed by atoms with van der Waals surface area (Å²) >= 11 is 0. The highest BCUT2D eigenvalue weighted by Gasteiger charge is 2.08. The molecule has 0 spiro atoms. The van der Waals surface area contributed by atoms with Crippen molar-refractivity contribution in [3.63, 3.8) is 0 Å². The molecule has 0 aromatic rings. The van der Waals surface area contributed by atoms with Crippen molar-refractivity contribution in [2.75, 3.05) is 14.2 Å². The van der Waals surface area contributed by atoms with E-state index in [2.05, 4.69) is 13.2 Å². The van der Waals surface area contributed by atoms with Crippen molar-refractivity contribution in [3.05, 3.63) is 24.7 Å². The molecule has 0 aliphatic rings. The van der Waals surface area contributed by atoms with Crippen molar-refractivity contribution in [2.45, 2.75) is 38.9 Å². The summed E-state index contributed by atoms with van der Waals surface area (Å²) in [6.07, 6.45) is 1.59.